The van der Waals surface area contributed by atoms with Crippen molar-refractivity contribution in [1.29, 1.82) is 0 Å². The van der Waals surface area contributed by atoms with Crippen molar-refractivity contribution >= 4 is 0 Å². The Labute approximate surface area is 125 Å². The molecule has 0 aliphatic rings. The summed E-state index contributed by atoms with van der Waals surface area (Å²) in [5, 5.41) is 4.04. The quantitative estimate of drug-likeness (QED) is 0.847. The number of rotatable bonds is 5. The first-order valence-corrected chi connectivity index (χ1v) is 7.03. The number of ether oxygens (including phenoxy) is 1. The maximum atomic E-state index is 5.37. The number of methoxy groups -OCH3 is 1. The summed E-state index contributed by atoms with van der Waals surface area (Å²) in [6.07, 6.45) is 0. The van der Waals surface area contributed by atoms with E-state index in [1.54, 1.807) is 7.11 Å². The Bertz CT molecular complexity index is 587. The Morgan fingerprint density at radius 2 is 1.90 bits per heavy atom. The van der Waals surface area contributed by atoms with E-state index < -0.39 is 0 Å². The highest BCUT2D eigenvalue weighted by Crippen LogP contribution is 2.21. The van der Waals surface area contributed by atoms with Gasteiger partial charge in [-0.1, -0.05) is 44.1 Å². The van der Waals surface area contributed by atoms with Crippen molar-refractivity contribution in [2.24, 2.45) is 0 Å². The molecule has 2 aromatic rings. The van der Waals surface area contributed by atoms with Crippen LogP contribution < -0.4 is 4.74 Å². The Hall–Kier alpha value is -1.88. The van der Waals surface area contributed by atoms with E-state index in [-0.39, 0.29) is 5.41 Å². The second-order valence-electron chi connectivity index (χ2n) is 6.25. The van der Waals surface area contributed by atoms with Crippen LogP contribution in [0.5, 0.6) is 5.75 Å². The molecule has 0 saturated carbocycles. The average molecular weight is 289 g/mol. The molecule has 0 amide bonds. The summed E-state index contributed by atoms with van der Waals surface area (Å²) >= 11 is 0. The minimum atomic E-state index is -0.0943. The Morgan fingerprint density at radius 3 is 2.52 bits per heavy atom. The Kier molecular flexibility index (Phi) is 4.63. The van der Waals surface area contributed by atoms with E-state index in [0.29, 0.717) is 12.4 Å². The van der Waals surface area contributed by atoms with Gasteiger partial charge in [-0.05, 0) is 13.1 Å². The molecule has 1 heterocycles. The van der Waals surface area contributed by atoms with Crippen LogP contribution in [0, 0.1) is 0 Å². The second kappa shape index (κ2) is 6.26. The highest BCUT2D eigenvalue weighted by Gasteiger charge is 2.21. The van der Waals surface area contributed by atoms with Crippen LogP contribution in [-0.2, 0) is 18.5 Å². The summed E-state index contributed by atoms with van der Waals surface area (Å²) < 4.78 is 10.7. The molecule has 0 fully saturated rings. The van der Waals surface area contributed by atoms with Crippen LogP contribution in [-0.4, -0.2) is 29.2 Å². The molecule has 5 nitrogen and oxygen atoms in total. The molecule has 1 aromatic carbocycles. The van der Waals surface area contributed by atoms with Gasteiger partial charge in [0.1, 0.15) is 5.75 Å². The lowest BCUT2D eigenvalue weighted by Gasteiger charge is -2.16. The van der Waals surface area contributed by atoms with Gasteiger partial charge in [0.2, 0.25) is 5.89 Å². The van der Waals surface area contributed by atoms with Gasteiger partial charge in [0.25, 0.3) is 0 Å². The summed E-state index contributed by atoms with van der Waals surface area (Å²) in [6.45, 7) is 7.58. The molecular weight excluding hydrogens is 266 g/mol. The summed E-state index contributed by atoms with van der Waals surface area (Å²) in [6, 6.07) is 8.00. The first kappa shape index (κ1) is 15.5. The summed E-state index contributed by atoms with van der Waals surface area (Å²) in [4.78, 5) is 6.58. The molecule has 0 aliphatic carbocycles. The smallest absolute Gasteiger partial charge is 0.240 e. The second-order valence-corrected chi connectivity index (χ2v) is 6.25. The van der Waals surface area contributed by atoms with Gasteiger partial charge in [-0.2, -0.15) is 4.98 Å². The standard InChI is InChI=1S/C16H23N3O2/c1-16(2,3)15-17-14(21-18-15)11-19(4)10-12-8-6-7-9-13(12)20-5/h6-9H,10-11H2,1-5H3. The monoisotopic (exact) mass is 289 g/mol. The van der Waals surface area contributed by atoms with E-state index in [2.05, 4.69) is 41.9 Å². The van der Waals surface area contributed by atoms with Gasteiger partial charge in [-0.3, -0.25) is 4.90 Å². The number of para-hydroxylation sites is 1. The maximum Gasteiger partial charge on any atom is 0.240 e. The molecule has 0 bridgehead atoms. The lowest BCUT2D eigenvalue weighted by atomic mass is 9.96. The third-order valence-corrected chi connectivity index (χ3v) is 3.18. The van der Waals surface area contributed by atoms with Crippen LogP contribution in [0.4, 0.5) is 0 Å². The Morgan fingerprint density at radius 1 is 1.19 bits per heavy atom. The molecule has 0 unspecified atom stereocenters. The first-order valence-electron chi connectivity index (χ1n) is 7.03. The van der Waals surface area contributed by atoms with Crippen molar-refractivity contribution in [3.63, 3.8) is 0 Å². The fourth-order valence-corrected chi connectivity index (χ4v) is 2.03. The molecule has 0 aliphatic heterocycles. The molecule has 21 heavy (non-hydrogen) atoms. The largest absolute Gasteiger partial charge is 0.496 e. The molecule has 114 valence electrons. The minimum absolute atomic E-state index is 0.0943. The van der Waals surface area contributed by atoms with Gasteiger partial charge in [0.15, 0.2) is 5.82 Å². The van der Waals surface area contributed by atoms with Gasteiger partial charge in [0, 0.05) is 17.5 Å². The summed E-state index contributed by atoms with van der Waals surface area (Å²) in [5.74, 6) is 2.27. The maximum absolute atomic E-state index is 5.37. The average Bonchev–Trinajstić information content (AvgIpc) is 2.87. The molecule has 0 spiro atoms. The Balaban J connectivity index is 2.01. The van der Waals surface area contributed by atoms with E-state index in [1.165, 1.54) is 0 Å². The van der Waals surface area contributed by atoms with Crippen molar-refractivity contribution in [2.75, 3.05) is 14.2 Å². The number of nitrogens with zero attached hydrogens (tertiary/aromatic N) is 3. The number of hydrogen-bond acceptors (Lipinski definition) is 5. The highest BCUT2D eigenvalue weighted by molar-refractivity contribution is 5.33. The van der Waals surface area contributed by atoms with E-state index in [9.17, 15) is 0 Å². The van der Waals surface area contributed by atoms with E-state index in [4.69, 9.17) is 9.26 Å². The molecule has 0 atom stereocenters. The first-order chi connectivity index (χ1) is 9.90. The van der Waals surface area contributed by atoms with Crippen LogP contribution in [0.3, 0.4) is 0 Å². The van der Waals surface area contributed by atoms with E-state index in [1.807, 2.05) is 25.2 Å². The number of hydrogen-bond donors (Lipinski definition) is 0. The molecule has 0 saturated heterocycles. The molecule has 0 N–H and O–H groups in total. The summed E-state index contributed by atoms with van der Waals surface area (Å²) in [5.41, 5.74) is 1.04. The van der Waals surface area contributed by atoms with Crippen LogP contribution in [0.2, 0.25) is 0 Å². The van der Waals surface area contributed by atoms with Crippen LogP contribution in [0.15, 0.2) is 28.8 Å². The van der Waals surface area contributed by atoms with Crippen molar-refractivity contribution in [1.82, 2.24) is 15.0 Å². The predicted octanol–water partition coefficient (Wildman–Crippen LogP) is 3.01. The van der Waals surface area contributed by atoms with Gasteiger partial charge >= 0.3 is 0 Å². The third-order valence-electron chi connectivity index (χ3n) is 3.18. The molecule has 1 aromatic heterocycles. The van der Waals surface area contributed by atoms with Crippen LogP contribution >= 0.6 is 0 Å². The molecular formula is C16H23N3O2. The molecule has 5 heteroatoms. The van der Waals surface area contributed by atoms with Gasteiger partial charge in [-0.25, -0.2) is 0 Å². The van der Waals surface area contributed by atoms with Crippen molar-refractivity contribution in [3.05, 3.63) is 41.5 Å². The zero-order valence-electron chi connectivity index (χ0n) is 13.4. The molecule has 2 rings (SSSR count). The lowest BCUT2D eigenvalue weighted by molar-refractivity contribution is 0.256. The lowest BCUT2D eigenvalue weighted by Crippen LogP contribution is -2.18. The van der Waals surface area contributed by atoms with Crippen LogP contribution in [0.25, 0.3) is 0 Å². The number of benzene rings is 1. The van der Waals surface area contributed by atoms with Gasteiger partial charge < -0.3 is 9.26 Å². The van der Waals surface area contributed by atoms with Crippen molar-refractivity contribution in [2.45, 2.75) is 39.3 Å². The SMILES string of the molecule is COc1ccccc1CN(C)Cc1nc(C(C)(C)C)no1. The number of aromatic nitrogens is 2. The van der Waals surface area contributed by atoms with Gasteiger partial charge in [-0.15, -0.1) is 0 Å². The van der Waals surface area contributed by atoms with Gasteiger partial charge in [0.05, 0.1) is 13.7 Å². The zero-order chi connectivity index (χ0) is 15.5. The normalized spacial score (nSPS) is 11.9. The zero-order valence-corrected chi connectivity index (χ0v) is 13.4. The minimum Gasteiger partial charge on any atom is -0.496 e. The van der Waals surface area contributed by atoms with Crippen molar-refractivity contribution < 1.29 is 9.26 Å². The topological polar surface area (TPSA) is 51.4 Å². The molecule has 0 radical (unpaired) electrons. The van der Waals surface area contributed by atoms with Crippen LogP contribution in [0.1, 0.15) is 38.0 Å². The predicted molar refractivity (Wildman–Crippen MR) is 81.2 cm³/mol. The fraction of sp³-hybridized carbons (Fsp3) is 0.500. The highest BCUT2D eigenvalue weighted by atomic mass is 16.5. The summed E-state index contributed by atoms with van der Waals surface area (Å²) in [7, 11) is 3.71. The van der Waals surface area contributed by atoms with Crippen molar-refractivity contribution in [3.8, 4) is 5.75 Å². The third kappa shape index (κ3) is 4.04. The van der Waals surface area contributed by atoms with E-state index in [0.717, 1.165) is 23.7 Å². The van der Waals surface area contributed by atoms with E-state index >= 15 is 0 Å². The fourth-order valence-electron chi connectivity index (χ4n) is 2.03.